The molecule has 1 unspecified atom stereocenters. The maximum absolute atomic E-state index is 11.9. The molecule has 5 heteroatoms. The molecule has 1 heterocycles. The highest BCUT2D eigenvalue weighted by atomic mass is 16.2. The van der Waals surface area contributed by atoms with Gasteiger partial charge in [-0.05, 0) is 26.2 Å². The largest absolute Gasteiger partial charge is 0.345 e. The molecule has 1 saturated heterocycles. The molecule has 0 bridgehead atoms. The Morgan fingerprint density at radius 2 is 1.94 bits per heavy atom. The molecule has 92 valence electrons. The number of nitrogens with one attached hydrogen (secondary N) is 1. The van der Waals surface area contributed by atoms with E-state index < -0.39 is 6.04 Å². The topological polar surface area (TPSA) is 75.4 Å². The fourth-order valence-corrected chi connectivity index (χ4v) is 1.89. The van der Waals surface area contributed by atoms with Gasteiger partial charge >= 0.3 is 0 Å². The Hall–Kier alpha value is -1.10. The Bertz CT molecular complexity index is 250. The van der Waals surface area contributed by atoms with Crippen molar-refractivity contribution in [3.8, 4) is 0 Å². The van der Waals surface area contributed by atoms with Crippen molar-refractivity contribution in [1.82, 2.24) is 10.2 Å². The van der Waals surface area contributed by atoms with E-state index in [0.29, 0.717) is 6.54 Å². The Labute approximate surface area is 96.4 Å². The van der Waals surface area contributed by atoms with Crippen LogP contribution in [0.3, 0.4) is 0 Å². The molecular formula is C11H21N3O2. The van der Waals surface area contributed by atoms with Crippen LogP contribution in [0.25, 0.3) is 0 Å². The molecular weight excluding hydrogens is 206 g/mol. The summed E-state index contributed by atoms with van der Waals surface area (Å²) < 4.78 is 0. The minimum atomic E-state index is -0.433. The van der Waals surface area contributed by atoms with Gasteiger partial charge in [-0.3, -0.25) is 9.59 Å². The molecule has 2 amide bonds. The Kier molecular flexibility index (Phi) is 5.25. The number of likely N-dealkylation sites (tertiary alicyclic amines) is 1. The van der Waals surface area contributed by atoms with Gasteiger partial charge in [0.2, 0.25) is 11.8 Å². The van der Waals surface area contributed by atoms with Gasteiger partial charge in [0.05, 0.1) is 0 Å². The van der Waals surface area contributed by atoms with Gasteiger partial charge < -0.3 is 16.0 Å². The van der Waals surface area contributed by atoms with E-state index in [4.69, 9.17) is 5.73 Å². The van der Waals surface area contributed by atoms with Crippen molar-refractivity contribution in [1.29, 1.82) is 0 Å². The number of amides is 2. The van der Waals surface area contributed by atoms with E-state index in [1.165, 1.54) is 6.42 Å². The first kappa shape index (κ1) is 13.0. The minimum absolute atomic E-state index is 0.0186. The van der Waals surface area contributed by atoms with Gasteiger partial charge in [0.1, 0.15) is 6.04 Å². The molecule has 0 aliphatic carbocycles. The molecule has 0 aromatic heterocycles. The number of nitrogens with two attached hydrogens (primary N) is 1. The predicted molar refractivity (Wildman–Crippen MR) is 61.7 cm³/mol. The predicted octanol–water partition coefficient (Wildman–Crippen LogP) is -0.148. The number of piperidine rings is 1. The van der Waals surface area contributed by atoms with Crippen LogP contribution in [0.15, 0.2) is 0 Å². The lowest BCUT2D eigenvalue weighted by molar-refractivity contribution is -0.136. The highest BCUT2D eigenvalue weighted by molar-refractivity contribution is 5.87. The summed E-state index contributed by atoms with van der Waals surface area (Å²) in [7, 11) is 0. The zero-order valence-corrected chi connectivity index (χ0v) is 9.87. The highest BCUT2D eigenvalue weighted by Gasteiger charge is 2.22. The zero-order valence-electron chi connectivity index (χ0n) is 9.87. The number of hydrogen-bond donors (Lipinski definition) is 2. The normalized spacial score (nSPS) is 18.0. The SMILES string of the molecule is CC(NC(=O)CCN)C(=O)N1CCCCC1. The lowest BCUT2D eigenvalue weighted by atomic mass is 10.1. The fourth-order valence-electron chi connectivity index (χ4n) is 1.89. The lowest BCUT2D eigenvalue weighted by Crippen LogP contribution is -2.48. The van der Waals surface area contributed by atoms with Gasteiger partial charge in [-0.1, -0.05) is 0 Å². The van der Waals surface area contributed by atoms with Crippen molar-refractivity contribution >= 4 is 11.8 Å². The summed E-state index contributed by atoms with van der Waals surface area (Å²) in [6.45, 7) is 3.67. The van der Waals surface area contributed by atoms with Crippen molar-refractivity contribution in [2.45, 2.75) is 38.6 Å². The van der Waals surface area contributed by atoms with Gasteiger partial charge in [0, 0.05) is 26.1 Å². The maximum atomic E-state index is 11.9. The van der Waals surface area contributed by atoms with Crippen LogP contribution < -0.4 is 11.1 Å². The average Bonchev–Trinajstić information content (AvgIpc) is 2.29. The monoisotopic (exact) mass is 227 g/mol. The van der Waals surface area contributed by atoms with Crippen LogP contribution in [0.4, 0.5) is 0 Å². The third-order valence-electron chi connectivity index (χ3n) is 2.79. The van der Waals surface area contributed by atoms with E-state index in [0.717, 1.165) is 25.9 Å². The maximum Gasteiger partial charge on any atom is 0.244 e. The average molecular weight is 227 g/mol. The second-order valence-corrected chi connectivity index (χ2v) is 4.21. The van der Waals surface area contributed by atoms with Crippen molar-refractivity contribution in [2.24, 2.45) is 5.73 Å². The van der Waals surface area contributed by atoms with Crippen molar-refractivity contribution in [3.05, 3.63) is 0 Å². The van der Waals surface area contributed by atoms with Crippen LogP contribution >= 0.6 is 0 Å². The van der Waals surface area contributed by atoms with Gasteiger partial charge in [-0.2, -0.15) is 0 Å². The number of nitrogens with zero attached hydrogens (tertiary/aromatic N) is 1. The van der Waals surface area contributed by atoms with Crippen LogP contribution in [-0.2, 0) is 9.59 Å². The zero-order chi connectivity index (χ0) is 12.0. The van der Waals surface area contributed by atoms with Crippen LogP contribution in [0.1, 0.15) is 32.6 Å². The summed E-state index contributed by atoms with van der Waals surface area (Å²) in [6, 6.07) is -0.433. The molecule has 0 saturated carbocycles. The minimum Gasteiger partial charge on any atom is -0.345 e. The highest BCUT2D eigenvalue weighted by Crippen LogP contribution is 2.09. The second-order valence-electron chi connectivity index (χ2n) is 4.21. The summed E-state index contributed by atoms with van der Waals surface area (Å²) in [4.78, 5) is 25.0. The Morgan fingerprint density at radius 1 is 1.31 bits per heavy atom. The quantitative estimate of drug-likeness (QED) is 0.701. The number of carbonyl (C=O) groups is 2. The summed E-state index contributed by atoms with van der Waals surface area (Å²) in [6.07, 6.45) is 3.60. The molecule has 0 aromatic rings. The molecule has 1 fully saturated rings. The third kappa shape index (κ3) is 3.81. The molecule has 1 aliphatic heterocycles. The Balaban J connectivity index is 2.37. The van der Waals surface area contributed by atoms with Crippen LogP contribution in [0, 0.1) is 0 Å². The molecule has 1 atom stereocenters. The van der Waals surface area contributed by atoms with Gasteiger partial charge in [0.25, 0.3) is 0 Å². The molecule has 5 nitrogen and oxygen atoms in total. The van der Waals surface area contributed by atoms with Crippen LogP contribution in [0.2, 0.25) is 0 Å². The van der Waals surface area contributed by atoms with Gasteiger partial charge in [-0.15, -0.1) is 0 Å². The van der Waals surface area contributed by atoms with Crippen LogP contribution in [0.5, 0.6) is 0 Å². The summed E-state index contributed by atoms with van der Waals surface area (Å²) in [5, 5.41) is 2.67. The van der Waals surface area contributed by atoms with Crippen molar-refractivity contribution in [2.75, 3.05) is 19.6 Å². The number of rotatable bonds is 4. The van der Waals surface area contributed by atoms with E-state index in [-0.39, 0.29) is 18.2 Å². The van der Waals surface area contributed by atoms with Gasteiger partial charge in [0.15, 0.2) is 0 Å². The summed E-state index contributed by atoms with van der Waals surface area (Å²) >= 11 is 0. The van der Waals surface area contributed by atoms with E-state index in [9.17, 15) is 9.59 Å². The third-order valence-corrected chi connectivity index (χ3v) is 2.79. The standard InChI is InChI=1S/C11H21N3O2/c1-9(13-10(15)5-6-12)11(16)14-7-3-2-4-8-14/h9H,2-8,12H2,1H3,(H,13,15). The molecule has 0 radical (unpaired) electrons. The molecule has 1 rings (SSSR count). The van der Waals surface area contributed by atoms with Crippen LogP contribution in [-0.4, -0.2) is 42.4 Å². The van der Waals surface area contributed by atoms with Gasteiger partial charge in [-0.25, -0.2) is 0 Å². The second kappa shape index (κ2) is 6.48. The fraction of sp³-hybridized carbons (Fsp3) is 0.818. The van der Waals surface area contributed by atoms with E-state index in [1.807, 2.05) is 4.90 Å². The van der Waals surface area contributed by atoms with E-state index >= 15 is 0 Å². The number of hydrogen-bond acceptors (Lipinski definition) is 3. The van der Waals surface area contributed by atoms with Crippen molar-refractivity contribution in [3.63, 3.8) is 0 Å². The first-order chi connectivity index (χ1) is 7.65. The smallest absolute Gasteiger partial charge is 0.244 e. The lowest BCUT2D eigenvalue weighted by Gasteiger charge is -2.29. The first-order valence-electron chi connectivity index (χ1n) is 5.93. The summed E-state index contributed by atoms with van der Waals surface area (Å²) in [5.74, 6) is -0.134. The molecule has 16 heavy (non-hydrogen) atoms. The molecule has 0 spiro atoms. The van der Waals surface area contributed by atoms with Crippen molar-refractivity contribution < 1.29 is 9.59 Å². The molecule has 1 aliphatic rings. The number of carbonyl (C=O) groups excluding carboxylic acids is 2. The first-order valence-corrected chi connectivity index (χ1v) is 5.93. The molecule has 0 aromatic carbocycles. The molecule has 3 N–H and O–H groups in total. The van der Waals surface area contributed by atoms with E-state index in [1.54, 1.807) is 6.92 Å². The summed E-state index contributed by atoms with van der Waals surface area (Å²) in [5.41, 5.74) is 5.27. The van der Waals surface area contributed by atoms with E-state index in [2.05, 4.69) is 5.32 Å². The Morgan fingerprint density at radius 3 is 2.50 bits per heavy atom.